The number of aryl methyl sites for hydroxylation is 1. The highest BCUT2D eigenvalue weighted by Crippen LogP contribution is 2.09. The maximum absolute atomic E-state index is 12.1. The van der Waals surface area contributed by atoms with Gasteiger partial charge in [0, 0.05) is 6.04 Å². The van der Waals surface area contributed by atoms with Crippen LogP contribution in [0.1, 0.15) is 39.2 Å². The Hall–Kier alpha value is -2.04. The lowest BCUT2D eigenvalue weighted by molar-refractivity contribution is -0.144. The quantitative estimate of drug-likeness (QED) is 0.724. The van der Waals surface area contributed by atoms with Gasteiger partial charge in [-0.05, 0) is 31.2 Å². The first-order chi connectivity index (χ1) is 11.0. The summed E-state index contributed by atoms with van der Waals surface area (Å²) in [6.07, 6.45) is 2.52. The fraction of sp³-hybridized carbons (Fsp3) is 0.556. The Balaban J connectivity index is 2.45. The Labute approximate surface area is 138 Å². The third-order valence-electron chi connectivity index (χ3n) is 4.04. The predicted octanol–water partition coefficient (Wildman–Crippen LogP) is 2.89. The molecule has 128 valence electrons. The summed E-state index contributed by atoms with van der Waals surface area (Å²) in [6.45, 7) is 5.85. The van der Waals surface area contributed by atoms with Crippen LogP contribution >= 0.6 is 0 Å². The number of esters is 1. The van der Waals surface area contributed by atoms with Gasteiger partial charge in [-0.25, -0.2) is 9.59 Å². The smallest absolute Gasteiger partial charge is 0.328 e. The first-order valence-electron chi connectivity index (χ1n) is 8.16. The molecule has 0 bridgehead atoms. The monoisotopic (exact) mass is 320 g/mol. The van der Waals surface area contributed by atoms with Crippen molar-refractivity contribution in [3.05, 3.63) is 35.9 Å². The van der Waals surface area contributed by atoms with Crippen LogP contribution in [0.2, 0.25) is 0 Å². The third kappa shape index (κ3) is 6.72. The number of rotatable bonds is 8. The summed E-state index contributed by atoms with van der Waals surface area (Å²) >= 11 is 0. The molecule has 1 aromatic rings. The van der Waals surface area contributed by atoms with Gasteiger partial charge in [0.2, 0.25) is 0 Å². The molecule has 3 atom stereocenters. The number of methoxy groups -OCH3 is 1. The molecule has 2 amide bonds. The summed E-state index contributed by atoms with van der Waals surface area (Å²) in [5.74, 6) is -0.390. The first-order valence-corrected chi connectivity index (χ1v) is 8.16. The molecule has 0 unspecified atom stereocenters. The summed E-state index contributed by atoms with van der Waals surface area (Å²) in [6, 6.07) is 9.21. The van der Waals surface area contributed by atoms with Gasteiger partial charge >= 0.3 is 12.0 Å². The molecular formula is C18H28N2O3. The molecule has 0 radical (unpaired) electrons. The number of benzene rings is 1. The van der Waals surface area contributed by atoms with Crippen LogP contribution in [0.4, 0.5) is 4.79 Å². The van der Waals surface area contributed by atoms with Crippen molar-refractivity contribution in [3.63, 3.8) is 0 Å². The van der Waals surface area contributed by atoms with Crippen molar-refractivity contribution in [2.45, 2.75) is 52.1 Å². The van der Waals surface area contributed by atoms with Gasteiger partial charge in [0.05, 0.1) is 7.11 Å². The zero-order chi connectivity index (χ0) is 17.2. The van der Waals surface area contributed by atoms with E-state index < -0.39 is 12.0 Å². The second kappa shape index (κ2) is 9.87. The molecule has 0 saturated carbocycles. The average Bonchev–Trinajstić information content (AvgIpc) is 2.57. The van der Waals surface area contributed by atoms with Crippen molar-refractivity contribution >= 4 is 12.0 Å². The highest BCUT2D eigenvalue weighted by molar-refractivity contribution is 5.83. The number of urea groups is 1. The maximum atomic E-state index is 12.1. The lowest BCUT2D eigenvalue weighted by Crippen LogP contribution is -2.51. The fourth-order valence-electron chi connectivity index (χ4n) is 2.30. The lowest BCUT2D eigenvalue weighted by atomic mass is 9.99. The van der Waals surface area contributed by atoms with Crippen molar-refractivity contribution in [2.24, 2.45) is 5.92 Å². The Morgan fingerprint density at radius 2 is 1.78 bits per heavy atom. The molecule has 1 rings (SSSR count). The van der Waals surface area contributed by atoms with Crippen LogP contribution in [-0.2, 0) is 16.0 Å². The van der Waals surface area contributed by atoms with Crippen LogP contribution in [0.3, 0.4) is 0 Å². The number of hydrogen-bond acceptors (Lipinski definition) is 3. The summed E-state index contributed by atoms with van der Waals surface area (Å²) < 4.78 is 4.77. The topological polar surface area (TPSA) is 67.4 Å². The molecule has 23 heavy (non-hydrogen) atoms. The van der Waals surface area contributed by atoms with Gasteiger partial charge in [0.15, 0.2) is 0 Å². The highest BCUT2D eigenvalue weighted by Gasteiger charge is 2.26. The van der Waals surface area contributed by atoms with Crippen LogP contribution in [0.15, 0.2) is 30.3 Å². The number of hydrogen-bond donors (Lipinski definition) is 2. The van der Waals surface area contributed by atoms with Gasteiger partial charge in [-0.2, -0.15) is 0 Å². The van der Waals surface area contributed by atoms with Crippen LogP contribution < -0.4 is 10.6 Å². The van der Waals surface area contributed by atoms with E-state index >= 15 is 0 Å². The molecule has 0 aliphatic carbocycles. The first kappa shape index (κ1) is 19.0. The summed E-state index contributed by atoms with van der Waals surface area (Å²) in [5.41, 5.74) is 1.24. The van der Waals surface area contributed by atoms with E-state index in [2.05, 4.69) is 22.8 Å². The number of carbonyl (C=O) groups excluding carboxylic acids is 2. The third-order valence-corrected chi connectivity index (χ3v) is 4.04. The minimum absolute atomic E-state index is 0.0189. The molecule has 1 aromatic carbocycles. The molecule has 0 spiro atoms. The maximum Gasteiger partial charge on any atom is 0.328 e. The van der Waals surface area contributed by atoms with Crippen LogP contribution in [-0.4, -0.2) is 31.2 Å². The van der Waals surface area contributed by atoms with E-state index in [-0.39, 0.29) is 18.0 Å². The molecule has 5 heteroatoms. The van der Waals surface area contributed by atoms with E-state index in [1.165, 1.54) is 12.7 Å². The normalized spacial score (nSPS) is 14.4. The zero-order valence-electron chi connectivity index (χ0n) is 14.5. The van der Waals surface area contributed by atoms with E-state index in [4.69, 9.17) is 4.74 Å². The second-order valence-electron chi connectivity index (χ2n) is 5.93. The second-order valence-corrected chi connectivity index (χ2v) is 5.93. The summed E-state index contributed by atoms with van der Waals surface area (Å²) in [5, 5.41) is 5.60. The Morgan fingerprint density at radius 1 is 1.13 bits per heavy atom. The van der Waals surface area contributed by atoms with Crippen molar-refractivity contribution < 1.29 is 14.3 Å². The van der Waals surface area contributed by atoms with Gasteiger partial charge < -0.3 is 15.4 Å². The van der Waals surface area contributed by atoms with Crippen molar-refractivity contribution in [2.75, 3.05) is 7.11 Å². The lowest BCUT2D eigenvalue weighted by Gasteiger charge is -2.23. The van der Waals surface area contributed by atoms with Crippen LogP contribution in [0, 0.1) is 5.92 Å². The molecule has 0 saturated heterocycles. The molecule has 0 heterocycles. The zero-order valence-corrected chi connectivity index (χ0v) is 14.5. The largest absolute Gasteiger partial charge is 0.467 e. The average molecular weight is 320 g/mol. The Bertz CT molecular complexity index is 490. The molecule has 0 fully saturated rings. The van der Waals surface area contributed by atoms with Gasteiger partial charge in [0.1, 0.15) is 6.04 Å². The molecule has 0 aromatic heterocycles. The highest BCUT2D eigenvalue weighted by atomic mass is 16.5. The Morgan fingerprint density at radius 3 is 2.35 bits per heavy atom. The molecule has 0 aliphatic rings. The van der Waals surface area contributed by atoms with E-state index in [0.717, 1.165) is 19.3 Å². The minimum atomic E-state index is -0.619. The fourth-order valence-corrected chi connectivity index (χ4v) is 2.30. The summed E-state index contributed by atoms with van der Waals surface area (Å²) in [7, 11) is 1.33. The van der Waals surface area contributed by atoms with Crippen LogP contribution in [0.5, 0.6) is 0 Å². The van der Waals surface area contributed by atoms with Crippen molar-refractivity contribution in [1.29, 1.82) is 0 Å². The molecule has 0 aliphatic heterocycles. The minimum Gasteiger partial charge on any atom is -0.467 e. The number of amides is 2. The standard InChI is InChI=1S/C18H28N2O3/c1-5-13(2)16(17(21)23-4)20-18(22)19-14(3)11-12-15-9-7-6-8-10-15/h6-10,13-14,16H,5,11-12H2,1-4H3,(H2,19,20,22)/t13-,14+,16-/m1/s1. The van der Waals surface area contributed by atoms with Gasteiger partial charge in [-0.1, -0.05) is 50.6 Å². The molecular weight excluding hydrogens is 292 g/mol. The summed E-state index contributed by atoms with van der Waals surface area (Å²) in [4.78, 5) is 23.9. The van der Waals surface area contributed by atoms with Gasteiger partial charge in [-0.3, -0.25) is 0 Å². The van der Waals surface area contributed by atoms with Crippen LogP contribution in [0.25, 0.3) is 0 Å². The van der Waals surface area contributed by atoms with Gasteiger partial charge in [-0.15, -0.1) is 0 Å². The number of nitrogens with one attached hydrogen (secondary N) is 2. The van der Waals surface area contributed by atoms with Crippen molar-refractivity contribution in [3.8, 4) is 0 Å². The molecule has 5 nitrogen and oxygen atoms in total. The van der Waals surface area contributed by atoms with Crippen molar-refractivity contribution in [1.82, 2.24) is 10.6 Å². The number of carbonyl (C=O) groups is 2. The predicted molar refractivity (Wildman–Crippen MR) is 91.2 cm³/mol. The SMILES string of the molecule is CC[C@@H](C)[C@@H](NC(=O)N[C@@H](C)CCc1ccccc1)C(=O)OC. The van der Waals surface area contributed by atoms with E-state index in [9.17, 15) is 9.59 Å². The van der Waals surface area contributed by atoms with E-state index in [1.54, 1.807) is 0 Å². The molecule has 2 N–H and O–H groups in total. The Kier molecular flexibility index (Phi) is 8.16. The van der Waals surface area contributed by atoms with E-state index in [0.29, 0.717) is 0 Å². The van der Waals surface area contributed by atoms with E-state index in [1.807, 2.05) is 39.0 Å². The van der Waals surface area contributed by atoms with Gasteiger partial charge in [0.25, 0.3) is 0 Å². The number of ether oxygens (including phenoxy) is 1.